The van der Waals surface area contributed by atoms with E-state index in [-0.39, 0.29) is 12.1 Å². The topological polar surface area (TPSA) is 52.5 Å². The lowest BCUT2D eigenvalue weighted by atomic mass is 9.93. The van der Waals surface area contributed by atoms with Crippen LogP contribution >= 0.6 is 11.6 Å². The van der Waals surface area contributed by atoms with Gasteiger partial charge in [-0.25, -0.2) is 0 Å². The fourth-order valence-corrected chi connectivity index (χ4v) is 4.86. The van der Waals surface area contributed by atoms with E-state index in [2.05, 4.69) is 24.0 Å². The van der Waals surface area contributed by atoms with Crippen molar-refractivity contribution in [2.75, 3.05) is 20.8 Å². The Hall–Kier alpha value is -2.24. The number of nitrogens with one attached hydrogen (secondary N) is 1. The van der Waals surface area contributed by atoms with Gasteiger partial charge >= 0.3 is 0 Å². The highest BCUT2D eigenvalue weighted by Crippen LogP contribution is 2.43. The summed E-state index contributed by atoms with van der Waals surface area (Å²) in [6, 6.07) is 5.64. The zero-order valence-corrected chi connectivity index (χ0v) is 17.7. The lowest BCUT2D eigenvalue weighted by Crippen LogP contribution is -2.30. The van der Waals surface area contributed by atoms with Gasteiger partial charge in [-0.2, -0.15) is 0 Å². The van der Waals surface area contributed by atoms with Gasteiger partial charge in [0.2, 0.25) is 0 Å². The van der Waals surface area contributed by atoms with E-state index in [0.717, 1.165) is 23.4 Å². The van der Waals surface area contributed by atoms with Gasteiger partial charge in [0.25, 0.3) is 5.56 Å². The van der Waals surface area contributed by atoms with Gasteiger partial charge in [0.1, 0.15) is 0 Å². The van der Waals surface area contributed by atoms with Gasteiger partial charge in [0, 0.05) is 28.6 Å². The van der Waals surface area contributed by atoms with Crippen molar-refractivity contribution >= 4 is 22.5 Å². The fraction of sp³-hybridized carbons (Fsp3) is 0.435. The number of hydrogen-bond acceptors (Lipinski definition) is 4. The van der Waals surface area contributed by atoms with Crippen molar-refractivity contribution in [2.24, 2.45) is 17.8 Å². The fourth-order valence-electron chi connectivity index (χ4n) is 4.74. The Kier molecular flexibility index (Phi) is 5.70. The summed E-state index contributed by atoms with van der Waals surface area (Å²) in [5.74, 6) is 3.31. The van der Waals surface area contributed by atoms with Crippen molar-refractivity contribution in [3.8, 4) is 11.5 Å². The van der Waals surface area contributed by atoms with Crippen molar-refractivity contribution in [3.63, 3.8) is 0 Å². The molecule has 2 bridgehead atoms. The van der Waals surface area contributed by atoms with Gasteiger partial charge in [-0.1, -0.05) is 30.3 Å². The predicted octanol–water partition coefficient (Wildman–Crippen LogP) is 4.07. The average molecular weight is 415 g/mol. The molecule has 0 radical (unpaired) electrons. The summed E-state index contributed by atoms with van der Waals surface area (Å²) in [6.07, 6.45) is 7.24. The van der Waals surface area contributed by atoms with Crippen LogP contribution in [0.25, 0.3) is 10.9 Å². The predicted molar refractivity (Wildman–Crippen MR) is 117 cm³/mol. The number of nitrogens with zero attached hydrogens (tertiary/aromatic N) is 1. The number of rotatable bonds is 8. The lowest BCUT2D eigenvalue weighted by Gasteiger charge is -2.19. The molecule has 0 aliphatic heterocycles. The highest BCUT2D eigenvalue weighted by molar-refractivity contribution is 6.29. The van der Waals surface area contributed by atoms with E-state index >= 15 is 0 Å². The van der Waals surface area contributed by atoms with E-state index in [9.17, 15) is 4.79 Å². The summed E-state index contributed by atoms with van der Waals surface area (Å²) in [5, 5.41) is 4.81. The first kappa shape index (κ1) is 20.0. The summed E-state index contributed by atoms with van der Waals surface area (Å²) >= 11 is 6.06. The number of methoxy groups -OCH3 is 2. The van der Waals surface area contributed by atoms with Crippen molar-refractivity contribution in [2.45, 2.75) is 25.9 Å². The van der Waals surface area contributed by atoms with Crippen molar-refractivity contribution in [1.82, 2.24) is 9.88 Å². The molecule has 1 saturated carbocycles. The molecule has 5 nitrogen and oxygen atoms in total. The maximum atomic E-state index is 13.2. The van der Waals surface area contributed by atoms with Gasteiger partial charge < -0.3 is 19.4 Å². The zero-order chi connectivity index (χ0) is 20.5. The maximum Gasteiger partial charge on any atom is 0.255 e. The van der Waals surface area contributed by atoms with Gasteiger partial charge in [0.15, 0.2) is 11.5 Å². The summed E-state index contributed by atoms with van der Waals surface area (Å²) < 4.78 is 12.5. The minimum Gasteiger partial charge on any atom is -0.493 e. The number of fused-ring (bicyclic) bond motifs is 3. The number of aromatic nitrogens is 1. The molecule has 154 valence electrons. The van der Waals surface area contributed by atoms with Gasteiger partial charge in [-0.05, 0) is 49.3 Å². The average Bonchev–Trinajstić information content (AvgIpc) is 3.33. The van der Waals surface area contributed by atoms with Crippen LogP contribution in [-0.4, -0.2) is 25.3 Å². The Bertz CT molecular complexity index is 1030. The lowest BCUT2D eigenvalue weighted by molar-refractivity contribution is 0.355. The third-order valence-electron chi connectivity index (χ3n) is 6.14. The summed E-state index contributed by atoms with van der Waals surface area (Å²) in [6.45, 7) is 5.47. The van der Waals surface area contributed by atoms with Crippen LogP contribution in [0.4, 0.5) is 0 Å². The van der Waals surface area contributed by atoms with Crippen LogP contribution < -0.4 is 20.3 Å². The molecular weight excluding hydrogens is 388 g/mol. The SMILES string of the molecule is C=C(Cl)Cn1c(=O)c(CNC[C@@H]2C[C@H]3C=C[C@@H]2C3)cc2cc(OC)c(OC)cc21. The van der Waals surface area contributed by atoms with Crippen molar-refractivity contribution in [1.29, 1.82) is 0 Å². The van der Waals surface area contributed by atoms with E-state index in [1.54, 1.807) is 18.8 Å². The molecule has 0 amide bonds. The normalized spacial score (nSPS) is 22.4. The third kappa shape index (κ3) is 3.94. The van der Waals surface area contributed by atoms with Crippen LogP contribution in [-0.2, 0) is 13.1 Å². The number of ether oxygens (including phenoxy) is 2. The second kappa shape index (κ2) is 8.25. The van der Waals surface area contributed by atoms with E-state index in [4.69, 9.17) is 21.1 Å². The number of hydrogen-bond donors (Lipinski definition) is 1. The molecule has 1 N–H and O–H groups in total. The molecular formula is C23H27ClN2O3. The highest BCUT2D eigenvalue weighted by Gasteiger charge is 2.35. The largest absolute Gasteiger partial charge is 0.493 e. The zero-order valence-electron chi connectivity index (χ0n) is 16.9. The molecule has 0 unspecified atom stereocenters. The maximum absolute atomic E-state index is 13.2. The van der Waals surface area contributed by atoms with E-state index < -0.39 is 0 Å². The molecule has 2 aliphatic rings. The molecule has 0 spiro atoms. The van der Waals surface area contributed by atoms with Crippen LogP contribution in [0, 0.1) is 17.8 Å². The third-order valence-corrected chi connectivity index (χ3v) is 6.26. The molecule has 2 aromatic rings. The Morgan fingerprint density at radius 3 is 2.59 bits per heavy atom. The molecule has 2 aliphatic carbocycles. The van der Waals surface area contributed by atoms with Gasteiger partial charge in [-0.3, -0.25) is 4.79 Å². The number of benzene rings is 1. The van der Waals surface area contributed by atoms with Crippen LogP contribution in [0.5, 0.6) is 11.5 Å². The molecule has 3 atom stereocenters. The second-order valence-corrected chi connectivity index (χ2v) is 8.55. The Morgan fingerprint density at radius 1 is 1.21 bits per heavy atom. The number of halogens is 1. The monoisotopic (exact) mass is 414 g/mol. The standard InChI is InChI=1S/C23H27ClN2O3/c1-14(24)13-26-20-10-22(29-3)21(28-2)9-17(20)8-19(23(26)27)12-25-11-18-7-15-4-5-16(18)6-15/h4-5,8-10,15-16,18,25H,1,6-7,11-13H2,2-3H3/t15-,16+,18-/m0/s1. The van der Waals surface area contributed by atoms with E-state index in [1.165, 1.54) is 12.8 Å². The molecule has 1 aromatic heterocycles. The van der Waals surface area contributed by atoms with Crippen molar-refractivity contribution in [3.05, 3.63) is 57.9 Å². The van der Waals surface area contributed by atoms with Crippen LogP contribution in [0.1, 0.15) is 18.4 Å². The second-order valence-electron chi connectivity index (χ2n) is 8.02. The molecule has 1 heterocycles. The van der Waals surface area contributed by atoms with E-state index in [1.807, 2.05) is 18.2 Å². The number of allylic oxidation sites excluding steroid dienone is 3. The molecule has 1 aromatic carbocycles. The summed E-state index contributed by atoms with van der Waals surface area (Å²) in [7, 11) is 3.18. The molecule has 6 heteroatoms. The van der Waals surface area contributed by atoms with Crippen molar-refractivity contribution < 1.29 is 9.47 Å². The van der Waals surface area contributed by atoms with Crippen LogP contribution in [0.3, 0.4) is 0 Å². The van der Waals surface area contributed by atoms with Gasteiger partial charge in [0.05, 0.1) is 26.3 Å². The Balaban J connectivity index is 1.64. The first-order valence-corrected chi connectivity index (χ1v) is 10.4. The smallest absolute Gasteiger partial charge is 0.255 e. The number of pyridine rings is 1. The van der Waals surface area contributed by atoms with Gasteiger partial charge in [-0.15, -0.1) is 0 Å². The summed E-state index contributed by atoms with van der Waals surface area (Å²) in [4.78, 5) is 13.2. The molecule has 4 rings (SSSR count). The van der Waals surface area contributed by atoms with Crippen LogP contribution in [0.2, 0.25) is 0 Å². The first-order chi connectivity index (χ1) is 14.0. The minimum absolute atomic E-state index is 0.0631. The van der Waals surface area contributed by atoms with E-state index in [0.29, 0.717) is 40.5 Å². The minimum atomic E-state index is -0.0631. The first-order valence-electron chi connectivity index (χ1n) is 10.0. The van der Waals surface area contributed by atoms with Crippen LogP contribution in [0.15, 0.2) is 46.8 Å². The molecule has 1 fully saturated rings. The Labute approximate surface area is 176 Å². The highest BCUT2D eigenvalue weighted by atomic mass is 35.5. The Morgan fingerprint density at radius 2 is 1.97 bits per heavy atom. The molecule has 0 saturated heterocycles. The summed E-state index contributed by atoms with van der Waals surface area (Å²) in [5.41, 5.74) is 1.39. The molecule has 29 heavy (non-hydrogen) atoms. The quantitative estimate of drug-likeness (QED) is 0.661.